The van der Waals surface area contributed by atoms with Gasteiger partial charge in [0.2, 0.25) is 0 Å². The number of carbonyl (C=O) groups excluding carboxylic acids is 1. The highest BCUT2D eigenvalue weighted by Crippen LogP contribution is 2.24. The monoisotopic (exact) mass is 265 g/mol. The molecule has 0 heterocycles. The number of amides is 1. The second kappa shape index (κ2) is 6.22. The van der Waals surface area contributed by atoms with E-state index in [4.69, 9.17) is 9.84 Å². The van der Waals surface area contributed by atoms with Crippen molar-refractivity contribution in [1.29, 1.82) is 0 Å². The highest BCUT2D eigenvalue weighted by atomic mass is 16.5. The minimum Gasteiger partial charge on any atom is -0.496 e. The largest absolute Gasteiger partial charge is 0.496 e. The van der Waals surface area contributed by atoms with Gasteiger partial charge >= 0.3 is 11.9 Å². The molecule has 0 bridgehead atoms. The standard InChI is InChI=1S/C14H19NO4/c1-9-10(2)12(19-4)6-5-11(9)7-8-15(3)13(16)14(17)18/h5-6H,7-8H2,1-4H3,(H,17,18). The molecule has 0 aliphatic rings. The fraction of sp³-hybridized carbons (Fsp3) is 0.429. The second-order valence-corrected chi connectivity index (χ2v) is 4.46. The van der Waals surface area contributed by atoms with Crippen molar-refractivity contribution in [1.82, 2.24) is 4.90 Å². The summed E-state index contributed by atoms with van der Waals surface area (Å²) in [5.74, 6) is -1.48. The minimum atomic E-state index is -1.43. The molecule has 104 valence electrons. The van der Waals surface area contributed by atoms with E-state index in [1.165, 1.54) is 11.9 Å². The van der Waals surface area contributed by atoms with E-state index in [1.807, 2.05) is 26.0 Å². The van der Waals surface area contributed by atoms with E-state index in [0.29, 0.717) is 13.0 Å². The summed E-state index contributed by atoms with van der Waals surface area (Å²) in [4.78, 5) is 23.0. The maximum atomic E-state index is 11.2. The van der Waals surface area contributed by atoms with Crippen LogP contribution in [0, 0.1) is 13.8 Å². The smallest absolute Gasteiger partial charge is 0.394 e. The lowest BCUT2D eigenvalue weighted by molar-refractivity contribution is -0.155. The van der Waals surface area contributed by atoms with E-state index in [9.17, 15) is 9.59 Å². The molecule has 5 nitrogen and oxygen atoms in total. The van der Waals surface area contributed by atoms with E-state index in [-0.39, 0.29) is 0 Å². The fourth-order valence-corrected chi connectivity index (χ4v) is 1.90. The molecule has 0 saturated carbocycles. The number of carbonyl (C=O) groups is 2. The van der Waals surface area contributed by atoms with Gasteiger partial charge in [-0.25, -0.2) is 4.79 Å². The molecule has 0 unspecified atom stereocenters. The first-order valence-corrected chi connectivity index (χ1v) is 6.00. The Balaban J connectivity index is 2.76. The van der Waals surface area contributed by atoms with Crippen LogP contribution < -0.4 is 4.74 Å². The van der Waals surface area contributed by atoms with Gasteiger partial charge in [-0.2, -0.15) is 0 Å². The minimum absolute atomic E-state index is 0.373. The molecular formula is C14H19NO4. The quantitative estimate of drug-likeness (QED) is 0.836. The molecule has 5 heteroatoms. The van der Waals surface area contributed by atoms with Crippen LogP contribution in [0.4, 0.5) is 0 Å². The van der Waals surface area contributed by atoms with E-state index in [1.54, 1.807) is 7.11 Å². The Kier molecular flexibility index (Phi) is 4.92. The van der Waals surface area contributed by atoms with Gasteiger partial charge in [0.1, 0.15) is 5.75 Å². The summed E-state index contributed by atoms with van der Waals surface area (Å²) in [6, 6.07) is 3.83. The molecule has 19 heavy (non-hydrogen) atoms. The third kappa shape index (κ3) is 3.47. The lowest BCUT2D eigenvalue weighted by atomic mass is 10.00. The number of carboxylic acids is 1. The fourth-order valence-electron chi connectivity index (χ4n) is 1.90. The molecule has 0 saturated heterocycles. The number of aliphatic carboxylic acids is 1. The van der Waals surface area contributed by atoms with Gasteiger partial charge in [-0.15, -0.1) is 0 Å². The van der Waals surface area contributed by atoms with Crippen molar-refractivity contribution in [3.05, 3.63) is 28.8 Å². The van der Waals surface area contributed by atoms with Gasteiger partial charge in [0.25, 0.3) is 0 Å². The first kappa shape index (κ1) is 15.0. The molecule has 0 aliphatic carbocycles. The summed E-state index contributed by atoms with van der Waals surface area (Å²) in [5.41, 5.74) is 3.26. The number of benzene rings is 1. The summed E-state index contributed by atoms with van der Waals surface area (Å²) in [6.45, 7) is 4.34. The van der Waals surface area contributed by atoms with Crippen LogP contribution in [0.15, 0.2) is 12.1 Å². The Morgan fingerprint density at radius 3 is 2.42 bits per heavy atom. The Bertz CT molecular complexity index is 496. The SMILES string of the molecule is COc1ccc(CCN(C)C(=O)C(=O)O)c(C)c1C. The average molecular weight is 265 g/mol. The maximum absolute atomic E-state index is 11.2. The molecular weight excluding hydrogens is 246 g/mol. The van der Waals surface area contributed by atoms with Crippen LogP contribution in [0.5, 0.6) is 5.75 Å². The van der Waals surface area contributed by atoms with Crippen molar-refractivity contribution in [3.63, 3.8) is 0 Å². The summed E-state index contributed by atoms with van der Waals surface area (Å²) in [7, 11) is 3.11. The van der Waals surface area contributed by atoms with Gasteiger partial charge in [0, 0.05) is 13.6 Å². The predicted molar refractivity (Wildman–Crippen MR) is 71.4 cm³/mol. The normalized spacial score (nSPS) is 10.1. The van der Waals surface area contributed by atoms with E-state index < -0.39 is 11.9 Å². The molecule has 0 atom stereocenters. The van der Waals surface area contributed by atoms with Crippen LogP contribution in [0.3, 0.4) is 0 Å². The summed E-state index contributed by atoms with van der Waals surface area (Å²) in [5, 5.41) is 8.61. The Morgan fingerprint density at radius 2 is 1.89 bits per heavy atom. The van der Waals surface area contributed by atoms with E-state index in [2.05, 4.69) is 0 Å². The van der Waals surface area contributed by atoms with E-state index >= 15 is 0 Å². The zero-order valence-corrected chi connectivity index (χ0v) is 11.7. The van der Waals surface area contributed by atoms with Crippen molar-refractivity contribution < 1.29 is 19.4 Å². The first-order chi connectivity index (χ1) is 8.88. The zero-order chi connectivity index (χ0) is 14.6. The molecule has 0 spiro atoms. The number of methoxy groups -OCH3 is 1. The van der Waals surface area contributed by atoms with E-state index in [0.717, 1.165) is 22.4 Å². The molecule has 1 rings (SSSR count). The summed E-state index contributed by atoms with van der Waals surface area (Å²) >= 11 is 0. The second-order valence-electron chi connectivity index (χ2n) is 4.46. The molecule has 0 aromatic heterocycles. The number of likely N-dealkylation sites (N-methyl/N-ethyl adjacent to an activating group) is 1. The molecule has 1 N–H and O–H groups in total. The topological polar surface area (TPSA) is 66.8 Å². The van der Waals surface area contributed by atoms with Crippen molar-refractivity contribution in [2.75, 3.05) is 20.7 Å². The van der Waals surface area contributed by atoms with Crippen LogP contribution >= 0.6 is 0 Å². The van der Waals surface area contributed by atoms with Gasteiger partial charge in [-0.1, -0.05) is 6.07 Å². The number of nitrogens with zero attached hydrogens (tertiary/aromatic N) is 1. The van der Waals surface area contributed by atoms with Gasteiger partial charge in [0.05, 0.1) is 7.11 Å². The average Bonchev–Trinajstić information content (AvgIpc) is 2.39. The number of hydrogen-bond acceptors (Lipinski definition) is 3. The van der Waals surface area contributed by atoms with Crippen molar-refractivity contribution >= 4 is 11.9 Å². The Hall–Kier alpha value is -2.04. The molecule has 1 amide bonds. The predicted octanol–water partition coefficient (Wildman–Crippen LogP) is 1.40. The highest BCUT2D eigenvalue weighted by Gasteiger charge is 2.17. The number of rotatable bonds is 4. The molecule has 0 radical (unpaired) electrons. The zero-order valence-electron chi connectivity index (χ0n) is 11.7. The van der Waals surface area contributed by atoms with Crippen LogP contribution in [0.1, 0.15) is 16.7 Å². The lowest BCUT2D eigenvalue weighted by Gasteiger charge is -2.17. The molecule has 0 fully saturated rings. The molecule has 0 aliphatic heterocycles. The van der Waals surface area contributed by atoms with Crippen LogP contribution in [-0.2, 0) is 16.0 Å². The van der Waals surface area contributed by atoms with Crippen molar-refractivity contribution in [2.24, 2.45) is 0 Å². The molecule has 1 aromatic rings. The van der Waals surface area contributed by atoms with Crippen LogP contribution in [0.2, 0.25) is 0 Å². The molecule has 1 aromatic carbocycles. The lowest BCUT2D eigenvalue weighted by Crippen LogP contribution is -2.34. The van der Waals surface area contributed by atoms with Crippen LogP contribution in [0.25, 0.3) is 0 Å². The van der Waals surface area contributed by atoms with Crippen molar-refractivity contribution in [2.45, 2.75) is 20.3 Å². The first-order valence-electron chi connectivity index (χ1n) is 6.00. The summed E-state index contributed by atoms with van der Waals surface area (Å²) < 4.78 is 5.23. The number of carboxylic acid groups (broad SMARTS) is 1. The highest BCUT2D eigenvalue weighted by molar-refractivity contribution is 6.31. The third-order valence-electron chi connectivity index (χ3n) is 3.32. The third-order valence-corrected chi connectivity index (χ3v) is 3.32. The maximum Gasteiger partial charge on any atom is 0.394 e. The van der Waals surface area contributed by atoms with Gasteiger partial charge in [-0.05, 0) is 43.0 Å². The van der Waals surface area contributed by atoms with Crippen LogP contribution in [-0.4, -0.2) is 42.6 Å². The summed E-state index contributed by atoms with van der Waals surface area (Å²) in [6.07, 6.45) is 0.617. The Morgan fingerprint density at radius 1 is 1.26 bits per heavy atom. The Labute approximate surface area is 112 Å². The van der Waals surface area contributed by atoms with Gasteiger partial charge in [-0.3, -0.25) is 4.79 Å². The van der Waals surface area contributed by atoms with Crippen molar-refractivity contribution in [3.8, 4) is 5.75 Å². The van der Waals surface area contributed by atoms with Gasteiger partial charge < -0.3 is 14.7 Å². The number of ether oxygens (including phenoxy) is 1. The van der Waals surface area contributed by atoms with Gasteiger partial charge in [0.15, 0.2) is 0 Å². The number of hydrogen-bond donors (Lipinski definition) is 1.